The van der Waals surface area contributed by atoms with Crippen LogP contribution in [0.15, 0.2) is 91.1 Å². The SMILES string of the molecule is C=C(C)C(=O)N(CO)CO.C=C(C)C(=O)NC12CC3CC(CC(CO)(C3)C1)C2.C=C(C)C(=O)NC1CC2CC1CC2CC.C=C(C)C(=O)NC1CCC(CO)CC1.C=C(C)C(=O)NCc1ccccc1.CCO. The molecule has 15 nitrogen and oxygen atoms in total. The summed E-state index contributed by atoms with van der Waals surface area (Å²) >= 11 is 0. The minimum Gasteiger partial charge on any atom is -0.397 e. The van der Waals surface area contributed by atoms with Crippen LogP contribution in [-0.4, -0.2) is 111 Å². The Balaban J connectivity index is 0.000000312. The largest absolute Gasteiger partial charge is 0.397 e. The van der Waals surface area contributed by atoms with Crippen LogP contribution in [0.5, 0.6) is 0 Å². The first-order valence-corrected chi connectivity index (χ1v) is 26.3. The molecule has 15 heteroatoms. The van der Waals surface area contributed by atoms with Crippen molar-refractivity contribution in [3.63, 3.8) is 0 Å². The molecule has 6 bridgehead atoms. The highest BCUT2D eigenvalue weighted by Gasteiger charge is 2.58. The third-order valence-corrected chi connectivity index (χ3v) is 15.0. The molecule has 0 spiro atoms. The summed E-state index contributed by atoms with van der Waals surface area (Å²) < 4.78 is 0. The molecule has 0 aliphatic heterocycles. The van der Waals surface area contributed by atoms with Crippen molar-refractivity contribution >= 4 is 29.5 Å². The second kappa shape index (κ2) is 31.7. The summed E-state index contributed by atoms with van der Waals surface area (Å²) in [5.41, 5.74) is 3.74. The van der Waals surface area contributed by atoms with E-state index in [1.165, 1.54) is 39.0 Å². The van der Waals surface area contributed by atoms with Gasteiger partial charge in [-0.15, -0.1) is 0 Å². The monoisotopic (exact) mass is 1020 g/mol. The molecule has 6 unspecified atom stereocenters. The highest BCUT2D eigenvalue weighted by atomic mass is 16.3. The first-order valence-electron chi connectivity index (χ1n) is 26.3. The van der Waals surface area contributed by atoms with Crippen LogP contribution in [0.4, 0.5) is 0 Å². The lowest BCUT2D eigenvalue weighted by molar-refractivity contribution is -0.135. The summed E-state index contributed by atoms with van der Waals surface area (Å²) in [6, 6.07) is 10.5. The van der Waals surface area contributed by atoms with Gasteiger partial charge in [0.15, 0.2) is 0 Å². The number of carbonyl (C=O) groups excluding carboxylic acids is 5. The zero-order chi connectivity index (χ0) is 55.1. The fraction of sp³-hybridized carbons (Fsp3) is 0.638. The number of aliphatic hydroxyl groups excluding tert-OH is 5. The third-order valence-electron chi connectivity index (χ3n) is 15.0. The number of nitrogens with zero attached hydrogens (tertiary/aromatic N) is 1. The second-order valence-electron chi connectivity index (χ2n) is 21.7. The standard InChI is InChI=1S/C15H23NO2.C13H21NO.C11H19NO2.C11H13NO.C6H11NO3.C2H6O/c1-10(2)13(18)16-15-6-11-3-12(7-15)5-14(4-11,8-15)9-17;1-4-9-5-11-6-10(9)7-12(11)14-13(15)8(2)3;1-8(2)11(14)12-10-5-3-9(7-13)4-6-10;1-9(2)11(13)12-8-10-6-4-3-5-7-10;1-5(2)6(10)7(3-8)4-9;1-2-3/h11-12,17H,1,3-9H2,2H3,(H,16,18);9-12H,2,4-7H2,1,3H3,(H,14,15);9-10,13H,1,3-7H2,2H3,(H,12,14);3-7H,1,8H2,2H3,(H,12,13);8-9H,1,3-4H2,2H3;3H,2H2,1H3. The molecule has 7 aliphatic carbocycles. The molecule has 73 heavy (non-hydrogen) atoms. The van der Waals surface area contributed by atoms with Gasteiger partial charge >= 0.3 is 0 Å². The van der Waals surface area contributed by atoms with Crippen molar-refractivity contribution in [2.45, 2.75) is 163 Å². The van der Waals surface area contributed by atoms with Gasteiger partial charge in [-0.3, -0.25) is 28.9 Å². The number of benzene rings is 1. The number of carbonyl (C=O) groups is 5. The fourth-order valence-electron chi connectivity index (χ4n) is 11.7. The predicted octanol–water partition coefficient (Wildman–Crippen LogP) is 6.91. The van der Waals surface area contributed by atoms with Gasteiger partial charge in [-0.05, 0) is 171 Å². The molecular formula is C58H93N5O10. The first-order chi connectivity index (χ1) is 34.4. The van der Waals surface area contributed by atoms with Gasteiger partial charge in [0, 0.05) is 71.9 Å². The van der Waals surface area contributed by atoms with Crippen LogP contribution in [0.2, 0.25) is 0 Å². The van der Waals surface area contributed by atoms with Crippen molar-refractivity contribution in [3.8, 4) is 0 Å². The van der Waals surface area contributed by atoms with Crippen LogP contribution in [0.1, 0.15) is 144 Å². The van der Waals surface area contributed by atoms with Gasteiger partial charge in [0.1, 0.15) is 13.5 Å². The average Bonchev–Trinajstić information content (AvgIpc) is 3.95. The van der Waals surface area contributed by atoms with E-state index in [0.29, 0.717) is 58.2 Å². The van der Waals surface area contributed by atoms with E-state index < -0.39 is 19.4 Å². The van der Waals surface area contributed by atoms with Crippen LogP contribution >= 0.6 is 0 Å². The lowest BCUT2D eigenvalue weighted by atomic mass is 9.47. The molecule has 7 fully saturated rings. The summed E-state index contributed by atoms with van der Waals surface area (Å²) in [5.74, 6) is 3.82. The van der Waals surface area contributed by atoms with Gasteiger partial charge in [0.2, 0.25) is 23.6 Å². The number of fused-ring (bicyclic) bond motifs is 2. The minimum absolute atomic E-state index is 0.00922. The van der Waals surface area contributed by atoms with Crippen LogP contribution in [0.25, 0.3) is 0 Å². The van der Waals surface area contributed by atoms with Gasteiger partial charge < -0.3 is 46.8 Å². The van der Waals surface area contributed by atoms with E-state index in [1.54, 1.807) is 34.6 Å². The Bertz CT molecular complexity index is 1990. The van der Waals surface area contributed by atoms with E-state index in [0.717, 1.165) is 86.0 Å². The highest BCUT2D eigenvalue weighted by molar-refractivity contribution is 5.94. The quantitative estimate of drug-likeness (QED) is 0.0650. The minimum atomic E-state index is -0.484. The molecule has 1 aromatic rings. The Morgan fingerprint density at radius 1 is 0.630 bits per heavy atom. The molecule has 5 amide bonds. The number of hydrogen-bond acceptors (Lipinski definition) is 10. The van der Waals surface area contributed by atoms with Gasteiger partial charge in [-0.1, -0.05) is 76.6 Å². The topological polar surface area (TPSA) is 238 Å². The van der Waals surface area contributed by atoms with E-state index in [4.69, 9.17) is 20.4 Å². The van der Waals surface area contributed by atoms with Crippen molar-refractivity contribution in [1.29, 1.82) is 0 Å². The number of rotatable bonds is 15. The van der Waals surface area contributed by atoms with Crippen LogP contribution in [0.3, 0.4) is 0 Å². The Labute approximate surface area is 437 Å². The smallest absolute Gasteiger partial charge is 0.252 e. The second-order valence-corrected chi connectivity index (χ2v) is 21.7. The van der Waals surface area contributed by atoms with Crippen molar-refractivity contribution < 1.29 is 49.5 Å². The average molecular weight is 1020 g/mol. The fourth-order valence-corrected chi connectivity index (χ4v) is 11.7. The number of amides is 5. The highest BCUT2D eigenvalue weighted by Crippen LogP contribution is 2.61. The van der Waals surface area contributed by atoms with Crippen molar-refractivity contribution in [2.75, 3.05) is 33.3 Å². The third kappa shape index (κ3) is 21.1. The maximum absolute atomic E-state index is 11.9. The van der Waals surface area contributed by atoms with Gasteiger partial charge in [-0.25, -0.2) is 0 Å². The summed E-state index contributed by atoms with van der Waals surface area (Å²) in [6.45, 7) is 30.8. The molecular weight excluding hydrogens is 927 g/mol. The van der Waals surface area contributed by atoms with E-state index in [1.807, 2.05) is 30.3 Å². The molecule has 410 valence electrons. The van der Waals surface area contributed by atoms with E-state index >= 15 is 0 Å². The summed E-state index contributed by atoms with van der Waals surface area (Å²) in [6.07, 6.45) is 15.9. The lowest BCUT2D eigenvalue weighted by Crippen LogP contribution is -2.63. The molecule has 1 aromatic carbocycles. The van der Waals surface area contributed by atoms with Gasteiger partial charge in [0.25, 0.3) is 5.91 Å². The number of aliphatic hydroxyl groups is 5. The number of nitrogens with one attached hydrogen (secondary N) is 4. The van der Waals surface area contributed by atoms with Gasteiger partial charge in [-0.2, -0.15) is 0 Å². The zero-order valence-electron chi connectivity index (χ0n) is 45.4. The van der Waals surface area contributed by atoms with Crippen LogP contribution < -0.4 is 21.3 Å². The normalized spacial score (nSPS) is 27.2. The molecule has 6 atom stereocenters. The first kappa shape index (κ1) is 64.2. The molecule has 8 rings (SSSR count). The Morgan fingerprint density at radius 2 is 1.15 bits per heavy atom. The molecule has 0 radical (unpaired) electrons. The summed E-state index contributed by atoms with van der Waals surface area (Å²) in [7, 11) is 0. The van der Waals surface area contributed by atoms with E-state index in [9.17, 15) is 29.1 Å². The van der Waals surface area contributed by atoms with Gasteiger partial charge in [0.05, 0.1) is 0 Å². The molecule has 0 saturated heterocycles. The molecule has 0 aromatic heterocycles. The molecule has 0 heterocycles. The Hall–Kier alpha value is -4.93. The maximum Gasteiger partial charge on any atom is 0.252 e. The van der Waals surface area contributed by atoms with E-state index in [-0.39, 0.29) is 60.4 Å². The summed E-state index contributed by atoms with van der Waals surface area (Å²) in [4.78, 5) is 57.5. The van der Waals surface area contributed by atoms with Crippen LogP contribution in [-0.2, 0) is 30.5 Å². The van der Waals surface area contributed by atoms with Crippen molar-refractivity contribution in [3.05, 3.63) is 96.7 Å². The Kier molecular flexibility index (Phi) is 27.9. The van der Waals surface area contributed by atoms with Crippen LogP contribution in [0, 0.1) is 40.9 Å². The lowest BCUT2D eigenvalue weighted by Gasteiger charge is -2.61. The Morgan fingerprint density at radius 3 is 1.56 bits per heavy atom. The number of hydrogen-bond donors (Lipinski definition) is 9. The maximum atomic E-state index is 11.9. The molecule has 7 saturated carbocycles. The zero-order valence-corrected chi connectivity index (χ0v) is 45.4. The van der Waals surface area contributed by atoms with Crippen molar-refractivity contribution in [2.24, 2.45) is 40.9 Å². The summed E-state index contributed by atoms with van der Waals surface area (Å²) in [5, 5.41) is 55.2. The van der Waals surface area contributed by atoms with E-state index in [2.05, 4.69) is 61.1 Å². The molecule has 7 aliphatic rings. The molecule has 9 N–H and O–H groups in total. The van der Waals surface area contributed by atoms with Crippen molar-refractivity contribution in [1.82, 2.24) is 26.2 Å². The predicted molar refractivity (Wildman–Crippen MR) is 289 cm³/mol.